The van der Waals surface area contributed by atoms with E-state index in [-0.39, 0.29) is 11.7 Å². The second-order valence-corrected chi connectivity index (χ2v) is 5.77. The van der Waals surface area contributed by atoms with Crippen molar-refractivity contribution in [2.75, 3.05) is 0 Å². The molecule has 0 unspecified atom stereocenters. The minimum absolute atomic E-state index is 0.00286. The van der Waals surface area contributed by atoms with Gasteiger partial charge in [0.15, 0.2) is 0 Å². The van der Waals surface area contributed by atoms with Gasteiger partial charge in [0.25, 0.3) is 5.69 Å². The smallest absolute Gasteiger partial charge is 0.333 e. The second kappa shape index (κ2) is 6.50. The first-order chi connectivity index (χ1) is 9.16. The Labute approximate surface area is 117 Å². The maximum absolute atomic E-state index is 10.4. The molecule has 10 nitrogen and oxygen atoms in total. The van der Waals surface area contributed by atoms with Crippen molar-refractivity contribution in [3.8, 4) is 11.7 Å². The van der Waals surface area contributed by atoms with E-state index in [2.05, 4.69) is 21.9 Å². The number of aromatic nitrogens is 3. The van der Waals surface area contributed by atoms with Gasteiger partial charge in [-0.2, -0.15) is 4.98 Å². The lowest BCUT2D eigenvalue weighted by Gasteiger charge is -1.98. The lowest BCUT2D eigenvalue weighted by atomic mass is 10.3. The molecule has 0 saturated carbocycles. The fourth-order valence-corrected chi connectivity index (χ4v) is 1.11. The van der Waals surface area contributed by atoms with Crippen molar-refractivity contribution in [2.24, 2.45) is 0 Å². The van der Waals surface area contributed by atoms with Crippen molar-refractivity contribution in [3.63, 3.8) is 0 Å². The second-order valence-electron chi connectivity index (χ2n) is 3.28. The van der Waals surface area contributed by atoms with Crippen LogP contribution >= 0.6 is 6.72 Å². The first-order valence-corrected chi connectivity index (χ1v) is 7.46. The lowest BCUT2D eigenvalue weighted by molar-refractivity contribution is -0.384. The van der Waals surface area contributed by atoms with E-state index in [1.54, 1.807) is 0 Å². The van der Waals surface area contributed by atoms with E-state index in [1.165, 1.54) is 35.3 Å². The van der Waals surface area contributed by atoms with E-state index in [9.17, 15) is 10.1 Å². The monoisotopic (exact) mass is 320 g/mol. The molecule has 0 atom stereocenters. The molecule has 0 radical (unpaired) electrons. The zero-order chi connectivity index (χ0) is 15.3. The molecule has 2 rings (SSSR count). The molecule has 1 heterocycles. The Kier molecular flexibility index (Phi) is 5.25. The fraction of sp³-hybridized carbons (Fsp3) is 0. The van der Waals surface area contributed by atoms with Gasteiger partial charge >= 0.3 is 12.7 Å². The average Bonchev–Trinajstić information content (AvgIpc) is 2.74. The standard InChI is InChI=1S/C8H6N4O3.H3O3PS/c13-8-9-5-11(10-8)6-1-3-7(4-2-6)12(14)15;1-4(2,3)5/h1-5H,(H,10,13);(H3,1,2,3,5). The Hall–Kier alpha value is -1.91. The van der Waals surface area contributed by atoms with E-state index in [4.69, 9.17) is 19.8 Å². The first kappa shape index (κ1) is 16.1. The SMILES string of the molecule is O=[N+]([O-])c1ccc(-n2cnc(O)n2)cc1.OP(O)(O)=S. The van der Waals surface area contributed by atoms with Gasteiger partial charge in [-0.25, -0.2) is 4.68 Å². The highest BCUT2D eigenvalue weighted by Crippen LogP contribution is 2.26. The summed E-state index contributed by atoms with van der Waals surface area (Å²) in [5.74, 6) is 0. The predicted molar refractivity (Wildman–Crippen MR) is 70.6 cm³/mol. The summed E-state index contributed by atoms with van der Waals surface area (Å²) in [6.45, 7) is -3.81. The van der Waals surface area contributed by atoms with Gasteiger partial charge in [0.2, 0.25) is 0 Å². The minimum atomic E-state index is -3.81. The fourth-order valence-electron chi connectivity index (χ4n) is 1.11. The van der Waals surface area contributed by atoms with Gasteiger partial charge in [0.1, 0.15) is 6.33 Å². The summed E-state index contributed by atoms with van der Waals surface area (Å²) in [5, 5.41) is 22.9. The molecule has 0 amide bonds. The Balaban J connectivity index is 0.000000347. The Morgan fingerprint density at radius 2 is 1.75 bits per heavy atom. The number of non-ortho nitro benzene ring substituents is 1. The van der Waals surface area contributed by atoms with Crippen LogP contribution in [0, 0.1) is 10.1 Å². The van der Waals surface area contributed by atoms with E-state index < -0.39 is 11.6 Å². The number of aromatic hydroxyl groups is 1. The van der Waals surface area contributed by atoms with Crippen molar-refractivity contribution < 1.29 is 24.7 Å². The van der Waals surface area contributed by atoms with Crippen molar-refractivity contribution in [2.45, 2.75) is 0 Å². The van der Waals surface area contributed by atoms with E-state index in [1.807, 2.05) is 0 Å². The number of nitro benzene ring substituents is 1. The number of hydrogen-bond donors (Lipinski definition) is 4. The Morgan fingerprint density at radius 1 is 1.25 bits per heavy atom. The van der Waals surface area contributed by atoms with E-state index in [0.29, 0.717) is 5.69 Å². The summed E-state index contributed by atoms with van der Waals surface area (Å²) in [7, 11) is 0. The zero-order valence-electron chi connectivity index (χ0n) is 9.64. The van der Waals surface area contributed by atoms with Crippen LogP contribution in [-0.4, -0.2) is 39.5 Å². The van der Waals surface area contributed by atoms with Gasteiger partial charge in [0, 0.05) is 12.1 Å². The summed E-state index contributed by atoms with van der Waals surface area (Å²) in [5.41, 5.74) is 0.594. The van der Waals surface area contributed by atoms with Gasteiger partial charge in [-0.3, -0.25) is 10.1 Å². The van der Waals surface area contributed by atoms with Crippen LogP contribution in [0.25, 0.3) is 5.69 Å². The Bertz CT molecular complexity index is 630. The summed E-state index contributed by atoms with van der Waals surface area (Å²) < 4.78 is 1.32. The molecule has 108 valence electrons. The summed E-state index contributed by atoms with van der Waals surface area (Å²) in [4.78, 5) is 36.1. The third kappa shape index (κ3) is 5.82. The van der Waals surface area contributed by atoms with Crippen LogP contribution in [0.3, 0.4) is 0 Å². The molecule has 0 spiro atoms. The maximum Gasteiger partial charge on any atom is 0.333 e. The van der Waals surface area contributed by atoms with E-state index in [0.717, 1.165) is 0 Å². The van der Waals surface area contributed by atoms with E-state index >= 15 is 0 Å². The molecule has 0 aliphatic heterocycles. The molecule has 0 saturated heterocycles. The van der Waals surface area contributed by atoms with Crippen molar-refractivity contribution >= 4 is 24.2 Å². The molecule has 1 aromatic carbocycles. The van der Waals surface area contributed by atoms with Gasteiger partial charge in [-0.15, -0.1) is 5.10 Å². The topological polar surface area (TPSA) is 155 Å². The molecule has 0 aliphatic carbocycles. The summed E-state index contributed by atoms with van der Waals surface area (Å²) in [6, 6.07) is 5.41. The van der Waals surface area contributed by atoms with Crippen LogP contribution in [0.5, 0.6) is 6.01 Å². The quantitative estimate of drug-likeness (QED) is 0.341. The lowest BCUT2D eigenvalue weighted by Crippen LogP contribution is -1.94. The van der Waals surface area contributed by atoms with Crippen LogP contribution < -0.4 is 0 Å². The minimum Gasteiger partial charge on any atom is -0.478 e. The van der Waals surface area contributed by atoms with Crippen LogP contribution in [0.15, 0.2) is 30.6 Å². The molecular weight excluding hydrogens is 311 g/mol. The highest BCUT2D eigenvalue weighted by Gasteiger charge is 2.05. The highest BCUT2D eigenvalue weighted by molar-refractivity contribution is 8.06. The molecule has 2 aromatic rings. The highest BCUT2D eigenvalue weighted by atomic mass is 32.5. The third-order valence-electron chi connectivity index (χ3n) is 1.80. The molecule has 0 fully saturated rings. The summed E-state index contributed by atoms with van der Waals surface area (Å²) in [6.07, 6.45) is 1.32. The number of nitro groups is 1. The van der Waals surface area contributed by atoms with Crippen molar-refractivity contribution in [3.05, 3.63) is 40.7 Å². The number of rotatable bonds is 2. The molecular formula is C8H9N4O6PS. The van der Waals surface area contributed by atoms with Crippen LogP contribution in [0.2, 0.25) is 0 Å². The molecule has 20 heavy (non-hydrogen) atoms. The average molecular weight is 320 g/mol. The number of hydrogen-bond acceptors (Lipinski definition) is 6. The number of nitrogens with zero attached hydrogens (tertiary/aromatic N) is 4. The maximum atomic E-state index is 10.4. The third-order valence-corrected chi connectivity index (χ3v) is 1.80. The molecule has 12 heteroatoms. The number of benzene rings is 1. The van der Waals surface area contributed by atoms with Gasteiger partial charge in [0.05, 0.1) is 10.6 Å². The molecule has 1 aromatic heterocycles. The molecule has 0 aliphatic rings. The summed E-state index contributed by atoms with van der Waals surface area (Å²) >= 11 is 3.60. The largest absolute Gasteiger partial charge is 0.478 e. The Morgan fingerprint density at radius 3 is 2.10 bits per heavy atom. The van der Waals surface area contributed by atoms with Crippen LogP contribution in [0.1, 0.15) is 0 Å². The molecule has 4 N–H and O–H groups in total. The van der Waals surface area contributed by atoms with Gasteiger partial charge < -0.3 is 19.8 Å². The van der Waals surface area contributed by atoms with Crippen LogP contribution in [0.4, 0.5) is 5.69 Å². The van der Waals surface area contributed by atoms with Crippen molar-refractivity contribution in [1.82, 2.24) is 14.8 Å². The molecule has 0 bridgehead atoms. The van der Waals surface area contributed by atoms with Crippen LogP contribution in [-0.2, 0) is 11.8 Å². The first-order valence-electron chi connectivity index (χ1n) is 4.80. The zero-order valence-corrected chi connectivity index (χ0v) is 11.3. The normalized spacial score (nSPS) is 10.6. The predicted octanol–water partition coefficient (Wildman–Crippen LogP) is 0.0689. The van der Waals surface area contributed by atoms with Gasteiger partial charge in [-0.05, 0) is 23.9 Å². The van der Waals surface area contributed by atoms with Gasteiger partial charge in [-0.1, -0.05) is 0 Å². The van der Waals surface area contributed by atoms with Crippen molar-refractivity contribution in [1.29, 1.82) is 0 Å².